The van der Waals surface area contributed by atoms with Crippen LogP contribution in [0.5, 0.6) is 0 Å². The van der Waals surface area contributed by atoms with Gasteiger partial charge in [-0.15, -0.1) is 11.3 Å². The maximum Gasteiger partial charge on any atom is 0.322 e. The van der Waals surface area contributed by atoms with E-state index < -0.39 is 12.0 Å². The molecule has 0 saturated carbocycles. The van der Waals surface area contributed by atoms with Crippen LogP contribution in [0, 0.1) is 0 Å². The molecule has 0 spiro atoms. The molecule has 112 valence electrons. The Labute approximate surface area is 127 Å². The molecule has 0 fully saturated rings. The van der Waals surface area contributed by atoms with Gasteiger partial charge in [-0.3, -0.25) is 9.59 Å². The first-order valence-electron chi connectivity index (χ1n) is 6.22. The fraction of sp³-hybridized carbons (Fsp3) is 0.538. The highest BCUT2D eigenvalue weighted by Gasteiger charge is 2.14. The van der Waals surface area contributed by atoms with E-state index in [1.165, 1.54) is 23.7 Å². The summed E-state index contributed by atoms with van der Waals surface area (Å²) in [7, 11) is 3.11. The zero-order valence-electron chi connectivity index (χ0n) is 11.7. The number of thiophene rings is 1. The molecule has 7 heteroatoms. The van der Waals surface area contributed by atoms with E-state index in [4.69, 9.17) is 5.73 Å². The van der Waals surface area contributed by atoms with Crippen LogP contribution in [0.25, 0.3) is 0 Å². The Kier molecular flexibility index (Phi) is 7.64. The van der Waals surface area contributed by atoms with Gasteiger partial charge in [0.1, 0.15) is 6.04 Å². The lowest BCUT2D eigenvalue weighted by atomic mass is 10.2. The number of hydrogen-bond donors (Lipinski definition) is 1. The van der Waals surface area contributed by atoms with Gasteiger partial charge in [-0.05, 0) is 23.6 Å². The number of nitrogens with zero attached hydrogens (tertiary/aromatic N) is 1. The molecule has 0 saturated heterocycles. The number of amides is 1. The van der Waals surface area contributed by atoms with Crippen LogP contribution in [0.15, 0.2) is 17.5 Å². The smallest absolute Gasteiger partial charge is 0.322 e. The summed E-state index contributed by atoms with van der Waals surface area (Å²) in [4.78, 5) is 25.9. The zero-order valence-corrected chi connectivity index (χ0v) is 13.3. The summed E-state index contributed by atoms with van der Waals surface area (Å²) in [5, 5.41) is 2.00. The minimum atomic E-state index is -0.605. The average Bonchev–Trinajstić information content (AvgIpc) is 2.94. The Balaban J connectivity index is 2.18. The van der Waals surface area contributed by atoms with Crippen LogP contribution in [-0.2, 0) is 20.9 Å². The fourth-order valence-corrected chi connectivity index (χ4v) is 3.19. The lowest BCUT2D eigenvalue weighted by Gasteiger charge is -2.16. The second-order valence-electron chi connectivity index (χ2n) is 4.30. The maximum atomic E-state index is 11.9. The van der Waals surface area contributed by atoms with E-state index >= 15 is 0 Å². The quantitative estimate of drug-likeness (QED) is 0.578. The van der Waals surface area contributed by atoms with Crippen LogP contribution in [0.3, 0.4) is 0 Å². The Morgan fingerprint density at radius 2 is 2.30 bits per heavy atom. The monoisotopic (exact) mass is 316 g/mol. The number of carbonyl (C=O) groups excluding carboxylic acids is 2. The Morgan fingerprint density at radius 1 is 1.55 bits per heavy atom. The van der Waals surface area contributed by atoms with E-state index in [-0.39, 0.29) is 5.91 Å². The Morgan fingerprint density at radius 3 is 2.90 bits per heavy atom. The number of hydrogen-bond acceptors (Lipinski definition) is 6. The normalized spacial score (nSPS) is 11.9. The van der Waals surface area contributed by atoms with Crippen molar-refractivity contribution >= 4 is 35.0 Å². The average molecular weight is 316 g/mol. The molecule has 1 unspecified atom stereocenters. The third-order valence-electron chi connectivity index (χ3n) is 2.70. The van der Waals surface area contributed by atoms with Crippen LogP contribution in [0.4, 0.5) is 0 Å². The molecule has 1 atom stereocenters. The molecule has 1 aromatic heterocycles. The largest absolute Gasteiger partial charge is 0.468 e. The number of ether oxygens (including phenoxy) is 1. The van der Waals surface area contributed by atoms with Crippen molar-refractivity contribution in [2.75, 3.05) is 25.7 Å². The van der Waals surface area contributed by atoms with Crippen molar-refractivity contribution in [3.05, 3.63) is 22.4 Å². The molecule has 2 N–H and O–H groups in total. The molecular weight excluding hydrogens is 296 g/mol. The molecule has 20 heavy (non-hydrogen) atoms. The van der Waals surface area contributed by atoms with Crippen molar-refractivity contribution in [2.24, 2.45) is 5.73 Å². The van der Waals surface area contributed by atoms with Gasteiger partial charge in [0.2, 0.25) is 5.91 Å². The lowest BCUT2D eigenvalue weighted by molar-refractivity contribution is -0.142. The Hall–Kier alpha value is -1.05. The second kappa shape index (κ2) is 8.99. The van der Waals surface area contributed by atoms with Crippen molar-refractivity contribution in [2.45, 2.75) is 19.0 Å². The van der Waals surface area contributed by atoms with Gasteiger partial charge in [0.05, 0.1) is 19.4 Å². The van der Waals surface area contributed by atoms with E-state index in [0.29, 0.717) is 24.5 Å². The molecule has 5 nitrogen and oxygen atoms in total. The summed E-state index contributed by atoms with van der Waals surface area (Å²) < 4.78 is 4.54. The predicted molar refractivity (Wildman–Crippen MR) is 82.7 cm³/mol. The molecule has 1 amide bonds. The number of carbonyl (C=O) groups is 2. The minimum absolute atomic E-state index is 0.0787. The first-order valence-corrected chi connectivity index (χ1v) is 8.25. The van der Waals surface area contributed by atoms with Gasteiger partial charge >= 0.3 is 5.97 Å². The van der Waals surface area contributed by atoms with E-state index in [1.807, 2.05) is 17.5 Å². The van der Waals surface area contributed by atoms with Gasteiger partial charge in [0, 0.05) is 11.9 Å². The highest BCUT2D eigenvalue weighted by atomic mass is 32.2. The van der Waals surface area contributed by atoms with E-state index in [2.05, 4.69) is 4.74 Å². The molecule has 0 aliphatic carbocycles. The number of nitrogens with two attached hydrogens (primary N) is 1. The summed E-state index contributed by atoms with van der Waals surface area (Å²) in [6.07, 6.45) is 0.513. The number of rotatable bonds is 8. The van der Waals surface area contributed by atoms with Gasteiger partial charge in [0.15, 0.2) is 0 Å². The summed E-state index contributed by atoms with van der Waals surface area (Å²) in [5.41, 5.74) is 5.61. The molecule has 0 bridgehead atoms. The molecule has 0 aromatic carbocycles. The van der Waals surface area contributed by atoms with Gasteiger partial charge in [-0.1, -0.05) is 6.07 Å². The number of methoxy groups -OCH3 is 1. The highest BCUT2D eigenvalue weighted by molar-refractivity contribution is 7.99. The van der Waals surface area contributed by atoms with Crippen LogP contribution in [0.1, 0.15) is 11.3 Å². The standard InChI is InChI=1S/C13H20N2O3S2/c1-15(8-10-4-3-6-20-10)12(16)9-19-7-5-11(14)13(17)18-2/h3-4,6,11H,5,7-9,14H2,1-2H3. The SMILES string of the molecule is COC(=O)C(N)CCSCC(=O)N(C)Cc1cccs1. The first kappa shape index (κ1) is 17.0. The minimum Gasteiger partial charge on any atom is -0.468 e. The van der Waals surface area contributed by atoms with E-state index in [0.717, 1.165) is 0 Å². The first-order chi connectivity index (χ1) is 9.54. The van der Waals surface area contributed by atoms with Crippen molar-refractivity contribution in [1.29, 1.82) is 0 Å². The molecular formula is C13H20N2O3S2. The van der Waals surface area contributed by atoms with Gasteiger partial charge < -0.3 is 15.4 Å². The zero-order chi connectivity index (χ0) is 15.0. The molecule has 1 heterocycles. The fourth-order valence-electron chi connectivity index (χ4n) is 1.47. The van der Waals surface area contributed by atoms with Gasteiger partial charge in [-0.2, -0.15) is 11.8 Å². The van der Waals surface area contributed by atoms with Crippen LogP contribution in [0.2, 0.25) is 0 Å². The van der Waals surface area contributed by atoms with E-state index in [9.17, 15) is 9.59 Å². The van der Waals surface area contributed by atoms with Gasteiger partial charge in [-0.25, -0.2) is 0 Å². The third-order valence-corrected chi connectivity index (χ3v) is 4.54. The third kappa shape index (κ3) is 5.94. The van der Waals surface area contributed by atoms with Crippen molar-refractivity contribution in [3.8, 4) is 0 Å². The van der Waals surface area contributed by atoms with Crippen LogP contribution in [-0.4, -0.2) is 48.5 Å². The summed E-state index contributed by atoms with van der Waals surface area (Å²) in [6.45, 7) is 0.638. The van der Waals surface area contributed by atoms with Crippen molar-refractivity contribution < 1.29 is 14.3 Å². The number of thioether (sulfide) groups is 1. The Bertz CT molecular complexity index is 423. The van der Waals surface area contributed by atoms with Crippen LogP contribution >= 0.6 is 23.1 Å². The summed E-state index contributed by atoms with van der Waals surface area (Å²) in [5.74, 6) is 0.728. The lowest BCUT2D eigenvalue weighted by Crippen LogP contribution is -2.32. The predicted octanol–water partition coefficient (Wildman–Crippen LogP) is 1.33. The summed E-state index contributed by atoms with van der Waals surface area (Å²) in [6, 6.07) is 3.38. The molecule has 1 rings (SSSR count). The maximum absolute atomic E-state index is 11.9. The van der Waals surface area contributed by atoms with Crippen molar-refractivity contribution in [1.82, 2.24) is 4.90 Å². The van der Waals surface area contributed by atoms with Crippen molar-refractivity contribution in [3.63, 3.8) is 0 Å². The topological polar surface area (TPSA) is 72.6 Å². The number of esters is 1. The van der Waals surface area contributed by atoms with Crippen LogP contribution < -0.4 is 5.73 Å². The molecule has 0 aliphatic rings. The molecule has 0 aliphatic heterocycles. The molecule has 1 aromatic rings. The van der Waals surface area contributed by atoms with Gasteiger partial charge in [0.25, 0.3) is 0 Å². The molecule has 0 radical (unpaired) electrons. The van der Waals surface area contributed by atoms with E-state index in [1.54, 1.807) is 23.3 Å². The summed E-state index contributed by atoms with van der Waals surface area (Å²) >= 11 is 3.12. The second-order valence-corrected chi connectivity index (χ2v) is 6.44. The highest BCUT2D eigenvalue weighted by Crippen LogP contribution is 2.12.